The van der Waals surface area contributed by atoms with Gasteiger partial charge in [0.15, 0.2) is 0 Å². The van der Waals surface area contributed by atoms with E-state index in [1.807, 2.05) is 0 Å². The number of hydrogen-bond acceptors (Lipinski definition) is 6. The summed E-state index contributed by atoms with van der Waals surface area (Å²) in [6, 6.07) is 8.57. The molecule has 1 amide bonds. The summed E-state index contributed by atoms with van der Waals surface area (Å²) in [5.74, 6) is -0.961. The fourth-order valence-corrected chi connectivity index (χ4v) is 4.90. The van der Waals surface area contributed by atoms with Crippen molar-refractivity contribution >= 4 is 73.1 Å². The van der Waals surface area contributed by atoms with Crippen LogP contribution in [0.4, 0.5) is 0 Å². The van der Waals surface area contributed by atoms with Crippen molar-refractivity contribution in [3.8, 4) is 5.69 Å². The van der Waals surface area contributed by atoms with Crippen molar-refractivity contribution in [2.45, 2.75) is 0 Å². The number of sulfone groups is 1. The van der Waals surface area contributed by atoms with Crippen LogP contribution in [0.3, 0.4) is 0 Å². The van der Waals surface area contributed by atoms with Crippen molar-refractivity contribution in [2.24, 2.45) is 9.39 Å². The molecule has 2 aliphatic rings. The van der Waals surface area contributed by atoms with Gasteiger partial charge in [0.2, 0.25) is 20.2 Å². The number of aromatic nitrogens is 1. The van der Waals surface area contributed by atoms with Crippen LogP contribution in [0.2, 0.25) is 10.0 Å². The van der Waals surface area contributed by atoms with Gasteiger partial charge in [-0.3, -0.25) is 10.2 Å². The Labute approximate surface area is 180 Å². The van der Waals surface area contributed by atoms with Gasteiger partial charge in [0, 0.05) is 23.8 Å². The van der Waals surface area contributed by atoms with Crippen LogP contribution in [0.25, 0.3) is 11.8 Å². The van der Waals surface area contributed by atoms with Crippen molar-refractivity contribution in [2.75, 3.05) is 6.26 Å². The van der Waals surface area contributed by atoms with E-state index in [1.165, 1.54) is 6.08 Å². The molecular formula is C17H11Cl2N5O3S2. The number of hydrogen-bond donors (Lipinski definition) is 1. The summed E-state index contributed by atoms with van der Waals surface area (Å²) in [6.07, 6.45) is 4.21. The molecule has 0 radical (unpaired) electrons. The molecule has 29 heavy (non-hydrogen) atoms. The number of carbonyl (C=O) groups excluding carboxylic acids is 1. The Kier molecular flexibility index (Phi) is 4.89. The largest absolute Gasteiger partial charge is 0.317 e. The molecule has 0 atom stereocenters. The fraction of sp³-hybridized carbons (Fsp3) is 0.0588. The normalized spacial score (nSPS) is 18.2. The van der Waals surface area contributed by atoms with Crippen molar-refractivity contribution in [1.29, 1.82) is 5.41 Å². The molecule has 4 rings (SSSR count). The number of halogens is 2. The Morgan fingerprint density at radius 3 is 2.66 bits per heavy atom. The smallest absolute Gasteiger partial charge is 0.283 e. The summed E-state index contributed by atoms with van der Waals surface area (Å²) in [5, 5.41) is 8.89. The van der Waals surface area contributed by atoms with E-state index in [4.69, 9.17) is 28.6 Å². The molecule has 0 fully saturated rings. The molecule has 0 saturated heterocycles. The molecule has 8 nitrogen and oxygen atoms in total. The molecule has 2 aliphatic heterocycles. The highest BCUT2D eigenvalue weighted by molar-refractivity contribution is 8.16. The van der Waals surface area contributed by atoms with Crippen molar-refractivity contribution in [3.05, 3.63) is 57.8 Å². The highest BCUT2D eigenvalue weighted by Gasteiger charge is 2.41. The third-order valence-corrected chi connectivity index (χ3v) is 6.57. The predicted molar refractivity (Wildman–Crippen MR) is 116 cm³/mol. The molecule has 2 aromatic rings. The van der Waals surface area contributed by atoms with E-state index >= 15 is 0 Å². The quantitative estimate of drug-likeness (QED) is 0.537. The predicted octanol–water partition coefficient (Wildman–Crippen LogP) is 3.41. The van der Waals surface area contributed by atoms with Gasteiger partial charge in [-0.15, -0.1) is 0 Å². The molecule has 1 aromatic heterocycles. The maximum atomic E-state index is 12.5. The minimum atomic E-state index is -3.71. The van der Waals surface area contributed by atoms with Crippen molar-refractivity contribution < 1.29 is 13.2 Å². The summed E-state index contributed by atoms with van der Waals surface area (Å²) < 4.78 is 29.5. The minimum Gasteiger partial charge on any atom is -0.317 e. The summed E-state index contributed by atoms with van der Waals surface area (Å²) in [6.45, 7) is 0. The van der Waals surface area contributed by atoms with Crippen LogP contribution in [0.1, 0.15) is 5.69 Å². The average Bonchev–Trinajstić information content (AvgIpc) is 3.27. The lowest BCUT2D eigenvalue weighted by Gasteiger charge is -2.23. The fourth-order valence-electron chi connectivity index (χ4n) is 2.77. The zero-order valence-corrected chi connectivity index (χ0v) is 17.8. The molecule has 0 saturated carbocycles. The molecule has 1 N–H and O–H groups in total. The number of aliphatic imine (C=N–C) groups is 1. The van der Waals surface area contributed by atoms with Gasteiger partial charge in [-0.25, -0.2) is 13.3 Å². The molecule has 1 aromatic carbocycles. The number of rotatable bonds is 2. The number of fused-ring (bicyclic) bond motifs is 1. The second kappa shape index (κ2) is 7.13. The van der Waals surface area contributed by atoms with E-state index in [2.05, 4.69) is 9.39 Å². The third kappa shape index (κ3) is 3.52. The zero-order valence-electron chi connectivity index (χ0n) is 14.6. The Morgan fingerprint density at radius 2 is 1.97 bits per heavy atom. The maximum Gasteiger partial charge on any atom is 0.283 e. The summed E-state index contributed by atoms with van der Waals surface area (Å²) in [4.78, 5) is 17.4. The van der Waals surface area contributed by atoms with Crippen molar-refractivity contribution in [1.82, 2.24) is 9.47 Å². The third-order valence-electron chi connectivity index (χ3n) is 4.08. The zero-order chi connectivity index (χ0) is 20.9. The first-order valence-corrected chi connectivity index (χ1v) is 11.4. The number of amidine groups is 3. The molecule has 12 heteroatoms. The molecule has 0 aliphatic carbocycles. The van der Waals surface area contributed by atoms with E-state index in [-0.39, 0.29) is 21.7 Å². The number of amides is 1. The van der Waals surface area contributed by atoms with Gasteiger partial charge in [0.05, 0.1) is 27.6 Å². The molecule has 0 spiro atoms. The van der Waals surface area contributed by atoms with Crippen LogP contribution >= 0.6 is 35.1 Å². The highest BCUT2D eigenvalue weighted by atomic mass is 35.5. The molecule has 0 unspecified atom stereocenters. The lowest BCUT2D eigenvalue weighted by atomic mass is 10.1. The monoisotopic (exact) mass is 467 g/mol. The van der Waals surface area contributed by atoms with Crippen molar-refractivity contribution in [3.63, 3.8) is 0 Å². The van der Waals surface area contributed by atoms with Crippen LogP contribution in [-0.4, -0.2) is 46.2 Å². The highest BCUT2D eigenvalue weighted by Crippen LogP contribution is 2.30. The topological polar surface area (TPSA) is 108 Å². The first kappa shape index (κ1) is 19.9. The van der Waals surface area contributed by atoms with Crippen LogP contribution in [0.15, 0.2) is 51.5 Å². The van der Waals surface area contributed by atoms with E-state index in [9.17, 15) is 13.2 Å². The lowest BCUT2D eigenvalue weighted by Crippen LogP contribution is -2.45. The number of benzene rings is 1. The Bertz CT molecular complexity index is 1280. The summed E-state index contributed by atoms with van der Waals surface area (Å²) >= 11 is 12.8. The van der Waals surface area contributed by atoms with Gasteiger partial charge in [-0.05, 0) is 36.4 Å². The number of carbonyl (C=O) groups is 1. The van der Waals surface area contributed by atoms with Gasteiger partial charge in [-0.1, -0.05) is 23.2 Å². The van der Waals surface area contributed by atoms with Gasteiger partial charge in [-0.2, -0.15) is 9.39 Å². The van der Waals surface area contributed by atoms with Gasteiger partial charge in [0.25, 0.3) is 5.91 Å². The SMILES string of the molecule is CS(=O)(=O)C1=NSC2=NC(=O)/C(=C\c3cccn3-c3ccc(Cl)c(Cl)c3)C(=N)N21. The number of nitrogens with zero attached hydrogens (tertiary/aromatic N) is 4. The van der Waals surface area contributed by atoms with Crippen LogP contribution in [0, 0.1) is 5.41 Å². The van der Waals surface area contributed by atoms with Crippen LogP contribution in [-0.2, 0) is 14.6 Å². The van der Waals surface area contributed by atoms with Gasteiger partial charge < -0.3 is 4.57 Å². The molecule has 3 heterocycles. The van der Waals surface area contributed by atoms with Crippen LogP contribution in [0.5, 0.6) is 0 Å². The van der Waals surface area contributed by atoms with E-state index < -0.39 is 15.7 Å². The maximum absolute atomic E-state index is 12.5. The second-order valence-corrected chi connectivity index (χ2v) is 9.53. The molecular weight excluding hydrogens is 457 g/mol. The Balaban J connectivity index is 1.78. The summed E-state index contributed by atoms with van der Waals surface area (Å²) in [5.41, 5.74) is 1.21. The minimum absolute atomic E-state index is 0.0393. The second-order valence-electron chi connectivity index (χ2n) is 6.08. The summed E-state index contributed by atoms with van der Waals surface area (Å²) in [7, 11) is -3.71. The average molecular weight is 468 g/mol. The first-order valence-electron chi connectivity index (χ1n) is 7.98. The van der Waals surface area contributed by atoms with E-state index in [1.54, 1.807) is 41.1 Å². The van der Waals surface area contributed by atoms with E-state index in [0.29, 0.717) is 21.4 Å². The molecule has 0 bridgehead atoms. The van der Waals surface area contributed by atoms with Gasteiger partial charge >= 0.3 is 0 Å². The molecule has 148 valence electrons. The number of nitrogens with one attached hydrogen (secondary N) is 1. The van der Waals surface area contributed by atoms with E-state index in [0.717, 1.165) is 23.1 Å². The first-order chi connectivity index (χ1) is 13.7. The standard InChI is InChI=1S/C17H11Cl2N5O3S2/c1-29(26,27)17-22-28-16-21-15(25)11(14(20)24(16)17)7-9-3-2-6-23(9)10-4-5-12(18)13(19)8-10/h2-8,20H,1H3/b11-7-,20-14?. The Morgan fingerprint density at radius 1 is 1.21 bits per heavy atom. The lowest BCUT2D eigenvalue weighted by molar-refractivity contribution is -0.114. The van der Waals surface area contributed by atoms with Crippen LogP contribution < -0.4 is 0 Å². The van der Waals surface area contributed by atoms with Gasteiger partial charge in [0.1, 0.15) is 5.84 Å². The Hall–Kier alpha value is -2.40.